The predicted molar refractivity (Wildman–Crippen MR) is 59.4 cm³/mol. The molecule has 88 valence electrons. The highest BCUT2D eigenvalue weighted by atomic mass is 16.5. The van der Waals surface area contributed by atoms with Gasteiger partial charge in [0, 0.05) is 5.56 Å². The molecule has 0 spiro atoms. The van der Waals surface area contributed by atoms with Crippen LogP contribution in [0.4, 0.5) is 0 Å². The molecule has 0 aromatic heterocycles. The molecule has 1 rings (SSSR count). The molecule has 0 aliphatic rings. The highest BCUT2D eigenvalue weighted by Crippen LogP contribution is 2.19. The molecule has 0 heterocycles. The smallest absolute Gasteiger partial charge is 0.307 e. The molecule has 0 saturated heterocycles. The summed E-state index contributed by atoms with van der Waals surface area (Å²) in [6.45, 7) is 4.28. The number of carbonyl (C=O) groups is 1. The van der Waals surface area contributed by atoms with Gasteiger partial charge in [0.2, 0.25) is 0 Å². The standard InChI is InChI=1S/C12H16O4/c1-8(2)16-7-9-3-4-11(13)10(5-9)6-12(14)15/h3-5,8,13H,6-7H2,1-2H3,(H,14,15). The molecule has 16 heavy (non-hydrogen) atoms. The second-order valence-electron chi connectivity index (χ2n) is 3.89. The lowest BCUT2D eigenvalue weighted by Crippen LogP contribution is -2.04. The molecule has 0 bridgehead atoms. The van der Waals surface area contributed by atoms with Gasteiger partial charge in [-0.2, -0.15) is 0 Å². The van der Waals surface area contributed by atoms with Crippen molar-refractivity contribution in [2.45, 2.75) is 33.0 Å². The first-order valence-electron chi connectivity index (χ1n) is 5.13. The number of aromatic hydroxyl groups is 1. The molecule has 0 unspecified atom stereocenters. The van der Waals surface area contributed by atoms with Crippen LogP contribution in [0, 0.1) is 0 Å². The van der Waals surface area contributed by atoms with Crippen LogP contribution in [-0.4, -0.2) is 22.3 Å². The van der Waals surface area contributed by atoms with Crippen LogP contribution < -0.4 is 0 Å². The van der Waals surface area contributed by atoms with Gasteiger partial charge in [0.1, 0.15) is 5.75 Å². The Morgan fingerprint density at radius 2 is 2.12 bits per heavy atom. The van der Waals surface area contributed by atoms with Crippen molar-refractivity contribution in [2.75, 3.05) is 0 Å². The van der Waals surface area contributed by atoms with E-state index in [9.17, 15) is 9.90 Å². The number of hydrogen-bond donors (Lipinski definition) is 2. The highest BCUT2D eigenvalue weighted by molar-refractivity contribution is 5.71. The molecule has 0 amide bonds. The minimum atomic E-state index is -0.961. The number of carboxylic acid groups (broad SMARTS) is 1. The van der Waals surface area contributed by atoms with Gasteiger partial charge in [-0.1, -0.05) is 6.07 Å². The minimum Gasteiger partial charge on any atom is -0.508 e. The van der Waals surface area contributed by atoms with Crippen LogP contribution in [0.2, 0.25) is 0 Å². The van der Waals surface area contributed by atoms with Crippen molar-refractivity contribution in [2.24, 2.45) is 0 Å². The third-order valence-electron chi connectivity index (χ3n) is 2.07. The predicted octanol–water partition coefficient (Wildman–Crippen LogP) is 1.94. The zero-order chi connectivity index (χ0) is 12.1. The minimum absolute atomic E-state index is 0.00990. The van der Waals surface area contributed by atoms with Gasteiger partial charge in [-0.3, -0.25) is 4.79 Å². The van der Waals surface area contributed by atoms with Crippen molar-refractivity contribution in [3.05, 3.63) is 29.3 Å². The Hall–Kier alpha value is -1.55. The molecule has 1 aromatic rings. The molecule has 0 aliphatic carbocycles. The number of ether oxygens (including phenoxy) is 1. The van der Waals surface area contributed by atoms with Gasteiger partial charge < -0.3 is 14.9 Å². The van der Waals surface area contributed by atoms with Crippen LogP contribution in [0.15, 0.2) is 18.2 Å². The van der Waals surface area contributed by atoms with E-state index in [2.05, 4.69) is 0 Å². The van der Waals surface area contributed by atoms with Crippen LogP contribution in [0.5, 0.6) is 5.75 Å². The lowest BCUT2D eigenvalue weighted by molar-refractivity contribution is -0.136. The molecular formula is C12H16O4. The zero-order valence-corrected chi connectivity index (χ0v) is 9.43. The first-order valence-corrected chi connectivity index (χ1v) is 5.13. The van der Waals surface area contributed by atoms with E-state index < -0.39 is 5.97 Å². The molecule has 0 radical (unpaired) electrons. The first kappa shape index (κ1) is 12.5. The second-order valence-corrected chi connectivity index (χ2v) is 3.89. The quantitative estimate of drug-likeness (QED) is 0.802. The van der Waals surface area contributed by atoms with Crippen molar-refractivity contribution in [1.82, 2.24) is 0 Å². The molecular weight excluding hydrogens is 208 g/mol. The Labute approximate surface area is 94.5 Å². The average Bonchev–Trinajstić information content (AvgIpc) is 2.18. The van der Waals surface area contributed by atoms with Gasteiger partial charge >= 0.3 is 5.97 Å². The van der Waals surface area contributed by atoms with Crippen LogP contribution in [0.3, 0.4) is 0 Å². The summed E-state index contributed by atoms with van der Waals surface area (Å²) in [5.74, 6) is -0.951. The number of phenolic OH excluding ortho intramolecular Hbond substituents is 1. The summed E-state index contributed by atoms with van der Waals surface area (Å²) < 4.78 is 5.40. The molecule has 4 nitrogen and oxygen atoms in total. The lowest BCUT2D eigenvalue weighted by Gasteiger charge is -2.09. The lowest BCUT2D eigenvalue weighted by atomic mass is 10.1. The number of hydrogen-bond acceptors (Lipinski definition) is 3. The number of carboxylic acids is 1. The van der Waals surface area contributed by atoms with Gasteiger partial charge in [-0.15, -0.1) is 0 Å². The summed E-state index contributed by atoms with van der Waals surface area (Å²) in [5, 5.41) is 18.1. The number of rotatable bonds is 5. The SMILES string of the molecule is CC(C)OCc1ccc(O)c(CC(=O)O)c1. The normalized spacial score (nSPS) is 10.7. The fourth-order valence-corrected chi connectivity index (χ4v) is 1.30. The molecule has 1 aromatic carbocycles. The molecule has 0 atom stereocenters. The van der Waals surface area contributed by atoms with Crippen molar-refractivity contribution < 1.29 is 19.7 Å². The Morgan fingerprint density at radius 3 is 2.69 bits per heavy atom. The Balaban J connectivity index is 2.76. The molecule has 0 saturated carbocycles. The largest absolute Gasteiger partial charge is 0.508 e. The van der Waals surface area contributed by atoms with Gasteiger partial charge in [0.05, 0.1) is 19.1 Å². The topological polar surface area (TPSA) is 66.8 Å². The van der Waals surface area contributed by atoms with Crippen molar-refractivity contribution in [3.63, 3.8) is 0 Å². The average molecular weight is 224 g/mol. The van der Waals surface area contributed by atoms with Gasteiger partial charge in [0.15, 0.2) is 0 Å². The van der Waals surface area contributed by atoms with Crippen LogP contribution in [0.25, 0.3) is 0 Å². The number of phenols is 1. The van der Waals surface area contributed by atoms with Crippen molar-refractivity contribution >= 4 is 5.97 Å². The molecule has 2 N–H and O–H groups in total. The number of aliphatic carboxylic acids is 1. The van der Waals surface area contributed by atoms with E-state index >= 15 is 0 Å². The number of benzene rings is 1. The van der Waals surface area contributed by atoms with E-state index in [1.807, 2.05) is 13.8 Å². The summed E-state index contributed by atoms with van der Waals surface area (Å²) in [7, 11) is 0. The molecule has 0 fully saturated rings. The van der Waals surface area contributed by atoms with E-state index in [4.69, 9.17) is 9.84 Å². The van der Waals surface area contributed by atoms with Gasteiger partial charge in [-0.25, -0.2) is 0 Å². The summed E-state index contributed by atoms with van der Waals surface area (Å²) >= 11 is 0. The van der Waals surface area contributed by atoms with Gasteiger partial charge in [0.25, 0.3) is 0 Å². The summed E-state index contributed by atoms with van der Waals surface area (Å²) in [6, 6.07) is 4.88. The Morgan fingerprint density at radius 1 is 1.44 bits per heavy atom. The third-order valence-corrected chi connectivity index (χ3v) is 2.07. The third kappa shape index (κ3) is 3.90. The maximum atomic E-state index is 10.6. The first-order chi connectivity index (χ1) is 7.49. The maximum absolute atomic E-state index is 10.6. The van der Waals surface area contributed by atoms with E-state index in [1.165, 1.54) is 6.07 Å². The van der Waals surface area contributed by atoms with E-state index in [0.717, 1.165) is 5.56 Å². The van der Waals surface area contributed by atoms with Crippen molar-refractivity contribution in [1.29, 1.82) is 0 Å². The monoisotopic (exact) mass is 224 g/mol. The van der Waals surface area contributed by atoms with Crippen LogP contribution in [0.1, 0.15) is 25.0 Å². The van der Waals surface area contributed by atoms with Crippen molar-refractivity contribution in [3.8, 4) is 5.75 Å². The van der Waals surface area contributed by atoms with Crippen LogP contribution in [-0.2, 0) is 22.6 Å². The molecule has 4 heteroatoms. The Bertz CT molecular complexity index is 371. The maximum Gasteiger partial charge on any atom is 0.307 e. The zero-order valence-electron chi connectivity index (χ0n) is 9.43. The summed E-state index contributed by atoms with van der Waals surface area (Å²) in [4.78, 5) is 10.6. The second kappa shape index (κ2) is 5.51. The van der Waals surface area contributed by atoms with E-state index in [0.29, 0.717) is 12.2 Å². The summed E-state index contributed by atoms with van der Waals surface area (Å²) in [5.41, 5.74) is 1.28. The fourth-order valence-electron chi connectivity index (χ4n) is 1.30. The van der Waals surface area contributed by atoms with Gasteiger partial charge in [-0.05, 0) is 31.5 Å². The van der Waals surface area contributed by atoms with E-state index in [1.54, 1.807) is 12.1 Å². The molecule has 0 aliphatic heterocycles. The van der Waals surface area contributed by atoms with Crippen LogP contribution >= 0.6 is 0 Å². The highest BCUT2D eigenvalue weighted by Gasteiger charge is 2.07. The summed E-state index contributed by atoms with van der Waals surface area (Å²) in [6.07, 6.45) is -0.0572. The van der Waals surface area contributed by atoms with E-state index in [-0.39, 0.29) is 18.3 Å². The Kier molecular flexibility index (Phi) is 4.31. The fraction of sp³-hybridized carbons (Fsp3) is 0.417.